The normalized spacial score (nSPS) is 19.7. The monoisotopic (exact) mass is 336 g/mol. The summed E-state index contributed by atoms with van der Waals surface area (Å²) in [5.74, 6) is 0. The van der Waals surface area contributed by atoms with Gasteiger partial charge in [-0.15, -0.1) is 0 Å². The number of hydrogen-bond donors (Lipinski definition) is 1. The predicted octanol–water partition coefficient (Wildman–Crippen LogP) is 2.09. The van der Waals surface area contributed by atoms with Crippen LogP contribution in [0, 0.1) is 0 Å². The van der Waals surface area contributed by atoms with E-state index in [4.69, 9.17) is 14.2 Å². The van der Waals surface area contributed by atoms with Crippen LogP contribution in [0.3, 0.4) is 0 Å². The van der Waals surface area contributed by atoms with Gasteiger partial charge in [-0.3, -0.25) is 4.90 Å². The zero-order valence-electron chi connectivity index (χ0n) is 15.1. The summed E-state index contributed by atoms with van der Waals surface area (Å²) in [5, 5.41) is 3.42. The Morgan fingerprint density at radius 1 is 1.12 bits per heavy atom. The van der Waals surface area contributed by atoms with E-state index in [1.807, 2.05) is 14.0 Å². The van der Waals surface area contributed by atoms with Crippen LogP contribution in [0.25, 0.3) is 0 Å². The van der Waals surface area contributed by atoms with E-state index in [2.05, 4.69) is 40.5 Å². The van der Waals surface area contributed by atoms with Crippen LogP contribution in [-0.4, -0.2) is 70.7 Å². The molecule has 1 fully saturated rings. The first-order valence-electron chi connectivity index (χ1n) is 9.05. The van der Waals surface area contributed by atoms with E-state index < -0.39 is 0 Å². The number of ether oxygens (including phenoxy) is 3. The highest BCUT2D eigenvalue weighted by atomic mass is 16.5. The van der Waals surface area contributed by atoms with Crippen molar-refractivity contribution in [3.63, 3.8) is 0 Å². The lowest BCUT2D eigenvalue weighted by atomic mass is 10.1. The summed E-state index contributed by atoms with van der Waals surface area (Å²) in [6.45, 7) is 8.48. The fraction of sp³-hybridized carbons (Fsp3) is 0.684. The lowest BCUT2D eigenvalue weighted by molar-refractivity contribution is -0.00705. The van der Waals surface area contributed by atoms with Gasteiger partial charge in [0.2, 0.25) is 0 Å². The predicted molar refractivity (Wildman–Crippen MR) is 96.4 cm³/mol. The van der Waals surface area contributed by atoms with Crippen LogP contribution in [0.5, 0.6) is 0 Å². The van der Waals surface area contributed by atoms with Gasteiger partial charge in [-0.1, -0.05) is 30.3 Å². The molecule has 1 N–H and O–H groups in total. The van der Waals surface area contributed by atoms with Crippen LogP contribution in [0.2, 0.25) is 0 Å². The van der Waals surface area contributed by atoms with Gasteiger partial charge in [0.1, 0.15) is 0 Å². The second-order valence-corrected chi connectivity index (χ2v) is 6.10. The van der Waals surface area contributed by atoms with Crippen LogP contribution < -0.4 is 5.32 Å². The number of nitrogens with zero attached hydrogens (tertiary/aromatic N) is 1. The Hall–Kier alpha value is -0.980. The number of likely N-dealkylation sites (tertiary alicyclic amines) is 1. The molecule has 1 heterocycles. The van der Waals surface area contributed by atoms with Crippen molar-refractivity contribution >= 4 is 0 Å². The molecule has 136 valence electrons. The summed E-state index contributed by atoms with van der Waals surface area (Å²) in [6, 6.07) is 11.0. The summed E-state index contributed by atoms with van der Waals surface area (Å²) in [7, 11) is 2.03. The third kappa shape index (κ3) is 6.87. The molecule has 5 heteroatoms. The van der Waals surface area contributed by atoms with Gasteiger partial charge in [0, 0.05) is 32.3 Å². The largest absolute Gasteiger partial charge is 0.379 e. The maximum absolute atomic E-state index is 5.93. The first-order chi connectivity index (χ1) is 11.8. The van der Waals surface area contributed by atoms with Gasteiger partial charge in [-0.2, -0.15) is 0 Å². The maximum Gasteiger partial charge on any atom is 0.0715 e. The average molecular weight is 336 g/mol. The van der Waals surface area contributed by atoms with E-state index in [1.165, 1.54) is 5.56 Å². The van der Waals surface area contributed by atoms with Crippen molar-refractivity contribution in [3.8, 4) is 0 Å². The summed E-state index contributed by atoms with van der Waals surface area (Å²) in [6.07, 6.45) is 1.43. The summed E-state index contributed by atoms with van der Waals surface area (Å²) < 4.78 is 16.7. The Morgan fingerprint density at radius 3 is 2.62 bits per heavy atom. The Balaban J connectivity index is 1.60. The molecule has 1 aliphatic heterocycles. The van der Waals surface area contributed by atoms with E-state index in [-0.39, 0.29) is 0 Å². The molecule has 2 unspecified atom stereocenters. The van der Waals surface area contributed by atoms with Gasteiger partial charge in [-0.25, -0.2) is 0 Å². The standard InChI is InChI=1S/C19H32N2O3/c1-3-22-11-12-23-13-14-24-18-9-10-21(15-18)16-19(20-2)17-7-5-4-6-8-17/h4-8,18-20H,3,9-16H2,1-2H3. The molecule has 0 amide bonds. The molecule has 0 saturated carbocycles. The van der Waals surface area contributed by atoms with Gasteiger partial charge < -0.3 is 19.5 Å². The van der Waals surface area contributed by atoms with Crippen molar-refractivity contribution in [2.75, 3.05) is 59.7 Å². The van der Waals surface area contributed by atoms with E-state index in [0.29, 0.717) is 38.6 Å². The maximum atomic E-state index is 5.93. The smallest absolute Gasteiger partial charge is 0.0715 e. The Morgan fingerprint density at radius 2 is 1.88 bits per heavy atom. The molecular weight excluding hydrogens is 304 g/mol. The van der Waals surface area contributed by atoms with Gasteiger partial charge >= 0.3 is 0 Å². The highest BCUT2D eigenvalue weighted by molar-refractivity contribution is 5.19. The fourth-order valence-corrected chi connectivity index (χ4v) is 3.04. The topological polar surface area (TPSA) is 43.0 Å². The fourth-order valence-electron chi connectivity index (χ4n) is 3.04. The molecule has 0 bridgehead atoms. The van der Waals surface area contributed by atoms with E-state index in [0.717, 1.165) is 32.7 Å². The van der Waals surface area contributed by atoms with Crippen LogP contribution in [0.4, 0.5) is 0 Å². The molecule has 0 aliphatic carbocycles. The SMILES string of the molecule is CCOCCOCCOC1CCN(CC(NC)c2ccccc2)C1. The molecule has 24 heavy (non-hydrogen) atoms. The van der Waals surface area contributed by atoms with Gasteiger partial charge in [0.25, 0.3) is 0 Å². The molecule has 0 spiro atoms. The molecule has 0 radical (unpaired) electrons. The molecule has 2 rings (SSSR count). The third-order valence-electron chi connectivity index (χ3n) is 4.38. The highest BCUT2D eigenvalue weighted by Gasteiger charge is 2.25. The van der Waals surface area contributed by atoms with Gasteiger partial charge in [-0.05, 0) is 26.0 Å². The first-order valence-corrected chi connectivity index (χ1v) is 9.05. The molecule has 0 aromatic heterocycles. The van der Waals surface area contributed by atoms with Crippen LogP contribution in [-0.2, 0) is 14.2 Å². The van der Waals surface area contributed by atoms with Crippen molar-refractivity contribution < 1.29 is 14.2 Å². The second kappa shape index (κ2) is 11.6. The van der Waals surface area contributed by atoms with Gasteiger partial charge in [0.15, 0.2) is 0 Å². The Labute approximate surface area is 146 Å². The average Bonchev–Trinajstić information content (AvgIpc) is 3.07. The van der Waals surface area contributed by atoms with Crippen molar-refractivity contribution in [2.24, 2.45) is 0 Å². The summed E-state index contributed by atoms with van der Waals surface area (Å²) in [4.78, 5) is 2.48. The summed E-state index contributed by atoms with van der Waals surface area (Å²) in [5.41, 5.74) is 1.34. The molecule has 1 aliphatic rings. The zero-order chi connectivity index (χ0) is 17.0. The highest BCUT2D eigenvalue weighted by Crippen LogP contribution is 2.18. The van der Waals surface area contributed by atoms with Crippen molar-refractivity contribution in [1.82, 2.24) is 10.2 Å². The minimum Gasteiger partial charge on any atom is -0.379 e. The van der Waals surface area contributed by atoms with Crippen molar-refractivity contribution in [2.45, 2.75) is 25.5 Å². The molecule has 5 nitrogen and oxygen atoms in total. The van der Waals surface area contributed by atoms with E-state index in [9.17, 15) is 0 Å². The van der Waals surface area contributed by atoms with E-state index >= 15 is 0 Å². The minimum absolute atomic E-state index is 0.328. The second-order valence-electron chi connectivity index (χ2n) is 6.10. The van der Waals surface area contributed by atoms with Crippen LogP contribution in [0.15, 0.2) is 30.3 Å². The first kappa shape index (κ1) is 19.3. The lowest BCUT2D eigenvalue weighted by Gasteiger charge is -2.24. The number of likely N-dealkylation sites (N-methyl/N-ethyl adjacent to an activating group) is 1. The molecular formula is C19H32N2O3. The van der Waals surface area contributed by atoms with Crippen molar-refractivity contribution in [3.05, 3.63) is 35.9 Å². The number of nitrogens with one attached hydrogen (secondary N) is 1. The molecule has 1 aromatic rings. The van der Waals surface area contributed by atoms with Gasteiger partial charge in [0.05, 0.1) is 32.5 Å². The lowest BCUT2D eigenvalue weighted by Crippen LogP contribution is -2.33. The Bertz CT molecular complexity index is 430. The van der Waals surface area contributed by atoms with E-state index in [1.54, 1.807) is 0 Å². The third-order valence-corrected chi connectivity index (χ3v) is 4.38. The van der Waals surface area contributed by atoms with Crippen LogP contribution >= 0.6 is 0 Å². The van der Waals surface area contributed by atoms with Crippen LogP contribution in [0.1, 0.15) is 24.9 Å². The zero-order valence-corrected chi connectivity index (χ0v) is 15.1. The number of rotatable bonds is 12. The number of hydrogen-bond acceptors (Lipinski definition) is 5. The minimum atomic E-state index is 0.328. The van der Waals surface area contributed by atoms with Crippen molar-refractivity contribution in [1.29, 1.82) is 0 Å². The molecule has 2 atom stereocenters. The quantitative estimate of drug-likeness (QED) is 0.592. The molecule has 1 saturated heterocycles. The number of benzene rings is 1. The molecule has 1 aromatic carbocycles. The Kier molecular flexibility index (Phi) is 9.31. The summed E-state index contributed by atoms with van der Waals surface area (Å²) >= 11 is 0.